The van der Waals surface area contributed by atoms with Crippen molar-refractivity contribution in [1.29, 1.82) is 0 Å². The van der Waals surface area contributed by atoms with E-state index in [-0.39, 0.29) is 21.8 Å². The molecule has 0 heterocycles. The summed E-state index contributed by atoms with van der Waals surface area (Å²) in [6.45, 7) is 0. The highest BCUT2D eigenvalue weighted by Crippen LogP contribution is 2.23. The van der Waals surface area contributed by atoms with Crippen molar-refractivity contribution >= 4 is 27.3 Å². The van der Waals surface area contributed by atoms with Crippen molar-refractivity contribution in [2.45, 2.75) is 4.90 Å². The summed E-state index contributed by atoms with van der Waals surface area (Å²) in [6, 6.07) is 12.7. The molecule has 0 aliphatic rings. The summed E-state index contributed by atoms with van der Waals surface area (Å²) in [5.41, 5.74) is -0.0509. The first-order valence-electron chi connectivity index (χ1n) is 8.29. The van der Waals surface area contributed by atoms with Crippen LogP contribution in [0.1, 0.15) is 10.4 Å². The van der Waals surface area contributed by atoms with E-state index in [1.54, 1.807) is 0 Å². The molecule has 150 valence electrons. The zero-order valence-electron chi connectivity index (χ0n) is 15.1. The molecule has 0 saturated heterocycles. The van der Waals surface area contributed by atoms with Gasteiger partial charge in [0.2, 0.25) is 0 Å². The molecule has 29 heavy (non-hydrogen) atoms. The van der Waals surface area contributed by atoms with E-state index >= 15 is 0 Å². The molecule has 0 fully saturated rings. The summed E-state index contributed by atoms with van der Waals surface area (Å²) in [4.78, 5) is 12.2. The summed E-state index contributed by atoms with van der Waals surface area (Å²) in [6.07, 6.45) is 0. The molecule has 0 spiro atoms. The molecule has 3 rings (SSSR count). The van der Waals surface area contributed by atoms with Crippen LogP contribution in [0, 0.1) is 17.5 Å². The molecular formula is C20H15F3N2O3S. The Labute approximate surface area is 165 Å². The normalized spacial score (nSPS) is 11.2. The largest absolute Gasteiger partial charge is 0.319 e. The number of anilines is 2. The highest BCUT2D eigenvalue weighted by atomic mass is 32.2. The second-order valence-corrected chi connectivity index (χ2v) is 8.02. The molecule has 1 amide bonds. The quantitative estimate of drug-likeness (QED) is 0.673. The minimum atomic E-state index is -4.04. The average Bonchev–Trinajstić information content (AvgIpc) is 2.70. The van der Waals surface area contributed by atoms with Gasteiger partial charge in [-0.1, -0.05) is 6.07 Å². The van der Waals surface area contributed by atoms with Gasteiger partial charge in [0.25, 0.3) is 15.9 Å². The molecule has 3 aromatic carbocycles. The molecule has 1 N–H and O–H groups in total. The second kappa shape index (κ2) is 7.96. The number of halogens is 3. The van der Waals surface area contributed by atoms with E-state index in [4.69, 9.17) is 0 Å². The third-order valence-electron chi connectivity index (χ3n) is 4.12. The lowest BCUT2D eigenvalue weighted by Crippen LogP contribution is -2.27. The van der Waals surface area contributed by atoms with Gasteiger partial charge in [-0.15, -0.1) is 0 Å². The number of benzene rings is 3. The van der Waals surface area contributed by atoms with Crippen LogP contribution in [0.2, 0.25) is 0 Å². The molecule has 9 heteroatoms. The fourth-order valence-corrected chi connectivity index (χ4v) is 3.77. The summed E-state index contributed by atoms with van der Waals surface area (Å²) in [5, 5.41) is 2.27. The molecule has 0 saturated carbocycles. The Bertz CT molecular complexity index is 1170. The van der Waals surface area contributed by atoms with Gasteiger partial charge >= 0.3 is 0 Å². The zero-order chi connectivity index (χ0) is 21.2. The average molecular weight is 420 g/mol. The number of hydrogen-bond acceptors (Lipinski definition) is 3. The Morgan fingerprint density at radius 3 is 2.21 bits per heavy atom. The highest BCUT2D eigenvalue weighted by Gasteiger charge is 2.22. The molecule has 5 nitrogen and oxygen atoms in total. The van der Waals surface area contributed by atoms with Crippen LogP contribution in [0.3, 0.4) is 0 Å². The lowest BCUT2D eigenvalue weighted by Gasteiger charge is -2.19. The molecular weight excluding hydrogens is 405 g/mol. The van der Waals surface area contributed by atoms with Crippen molar-refractivity contribution < 1.29 is 26.4 Å². The van der Waals surface area contributed by atoms with Crippen molar-refractivity contribution in [3.8, 4) is 0 Å². The van der Waals surface area contributed by atoms with Gasteiger partial charge < -0.3 is 5.32 Å². The van der Waals surface area contributed by atoms with Crippen LogP contribution in [0.5, 0.6) is 0 Å². The predicted molar refractivity (Wildman–Crippen MR) is 103 cm³/mol. The van der Waals surface area contributed by atoms with Crippen LogP contribution in [-0.4, -0.2) is 21.4 Å². The van der Waals surface area contributed by atoms with Gasteiger partial charge in [0.15, 0.2) is 0 Å². The molecule has 3 aromatic rings. The minimum absolute atomic E-state index is 0.0395. The fourth-order valence-electron chi connectivity index (χ4n) is 2.53. The van der Waals surface area contributed by atoms with Crippen LogP contribution in [0.4, 0.5) is 24.5 Å². The predicted octanol–water partition coefficient (Wildman–Crippen LogP) is 4.18. The number of carbonyl (C=O) groups is 1. The van der Waals surface area contributed by atoms with E-state index in [0.717, 1.165) is 34.6 Å². The summed E-state index contributed by atoms with van der Waals surface area (Å²) in [7, 11) is -2.75. The van der Waals surface area contributed by atoms with Crippen LogP contribution in [-0.2, 0) is 10.0 Å². The molecule has 0 radical (unpaired) electrons. The van der Waals surface area contributed by atoms with Crippen molar-refractivity contribution in [2.75, 3.05) is 16.7 Å². The van der Waals surface area contributed by atoms with E-state index in [1.807, 2.05) is 0 Å². The Morgan fingerprint density at radius 1 is 0.897 bits per heavy atom. The van der Waals surface area contributed by atoms with Crippen molar-refractivity contribution in [3.63, 3.8) is 0 Å². The topological polar surface area (TPSA) is 66.5 Å². The summed E-state index contributed by atoms with van der Waals surface area (Å²) >= 11 is 0. The lowest BCUT2D eigenvalue weighted by atomic mass is 10.2. The molecule has 0 aliphatic heterocycles. The smallest absolute Gasteiger partial charge is 0.264 e. The van der Waals surface area contributed by atoms with Crippen LogP contribution >= 0.6 is 0 Å². The summed E-state index contributed by atoms with van der Waals surface area (Å²) in [5.74, 6) is -3.03. The van der Waals surface area contributed by atoms with Crippen LogP contribution in [0.25, 0.3) is 0 Å². The van der Waals surface area contributed by atoms with Crippen molar-refractivity contribution in [1.82, 2.24) is 0 Å². The minimum Gasteiger partial charge on any atom is -0.319 e. The SMILES string of the molecule is CN(c1ccc(F)cc1)S(=O)(=O)c1cccc(C(=O)Nc2ccc(F)cc2F)c1. The van der Waals surface area contributed by atoms with Crippen molar-refractivity contribution in [3.05, 3.63) is 89.7 Å². The monoisotopic (exact) mass is 420 g/mol. The number of nitrogens with one attached hydrogen (secondary N) is 1. The highest BCUT2D eigenvalue weighted by molar-refractivity contribution is 7.92. The molecule has 0 aliphatic carbocycles. The number of rotatable bonds is 5. The number of amides is 1. The third-order valence-corrected chi connectivity index (χ3v) is 5.91. The Balaban J connectivity index is 1.87. The maximum atomic E-state index is 13.7. The van der Waals surface area contributed by atoms with E-state index in [9.17, 15) is 26.4 Å². The number of hydrogen-bond donors (Lipinski definition) is 1. The number of carbonyl (C=O) groups excluding carboxylic acids is 1. The van der Waals surface area contributed by atoms with Gasteiger partial charge in [0.1, 0.15) is 17.5 Å². The lowest BCUT2D eigenvalue weighted by molar-refractivity contribution is 0.102. The Kier molecular flexibility index (Phi) is 5.60. The first-order chi connectivity index (χ1) is 13.7. The van der Waals surface area contributed by atoms with E-state index < -0.39 is 33.4 Å². The first kappa shape index (κ1) is 20.4. The summed E-state index contributed by atoms with van der Waals surface area (Å²) < 4.78 is 66.4. The van der Waals surface area contributed by atoms with E-state index in [1.165, 1.54) is 37.4 Å². The van der Waals surface area contributed by atoms with Crippen molar-refractivity contribution in [2.24, 2.45) is 0 Å². The Morgan fingerprint density at radius 2 is 1.55 bits per heavy atom. The third kappa shape index (κ3) is 4.40. The van der Waals surface area contributed by atoms with Gasteiger partial charge in [-0.05, 0) is 54.6 Å². The van der Waals surface area contributed by atoms with Gasteiger partial charge in [-0.2, -0.15) is 0 Å². The van der Waals surface area contributed by atoms with Gasteiger partial charge in [0, 0.05) is 18.7 Å². The molecule has 0 atom stereocenters. The van der Waals surface area contributed by atoms with Gasteiger partial charge in [-0.3, -0.25) is 9.10 Å². The number of nitrogens with zero attached hydrogens (tertiary/aromatic N) is 1. The van der Waals surface area contributed by atoms with E-state index in [2.05, 4.69) is 5.32 Å². The van der Waals surface area contributed by atoms with Gasteiger partial charge in [0.05, 0.1) is 16.3 Å². The Hall–Kier alpha value is -3.33. The second-order valence-electron chi connectivity index (χ2n) is 6.06. The molecule has 0 aromatic heterocycles. The van der Waals surface area contributed by atoms with Gasteiger partial charge in [-0.25, -0.2) is 21.6 Å². The van der Waals surface area contributed by atoms with Crippen LogP contribution < -0.4 is 9.62 Å². The maximum Gasteiger partial charge on any atom is 0.264 e. The van der Waals surface area contributed by atoms with Crippen LogP contribution in [0.15, 0.2) is 71.6 Å². The molecule has 0 unspecified atom stereocenters. The fraction of sp³-hybridized carbons (Fsp3) is 0.0500. The standard InChI is InChI=1S/C20H15F3N2O3S/c1-25(16-8-5-14(21)6-9-16)29(27,28)17-4-2-3-13(11-17)20(26)24-19-10-7-15(22)12-18(19)23/h2-12H,1H3,(H,24,26). The van der Waals surface area contributed by atoms with E-state index in [0.29, 0.717) is 6.07 Å². The zero-order valence-corrected chi connectivity index (χ0v) is 15.9. The number of sulfonamides is 1. The first-order valence-corrected chi connectivity index (χ1v) is 9.73. The maximum absolute atomic E-state index is 13.7. The molecule has 0 bridgehead atoms.